The van der Waals surface area contributed by atoms with Gasteiger partial charge in [0, 0.05) is 5.57 Å². The minimum Gasteiger partial charge on any atom is -0.872 e. The summed E-state index contributed by atoms with van der Waals surface area (Å²) in [6.07, 6.45) is 0. The number of Topliss-reactive ketones (excluding diaryl/α,β-unsaturated/α-hetero) is 1. The lowest BCUT2D eigenvalue weighted by Gasteiger charge is -2.30. The van der Waals surface area contributed by atoms with E-state index >= 15 is 0 Å². The van der Waals surface area contributed by atoms with Gasteiger partial charge in [0.1, 0.15) is 13.1 Å². The van der Waals surface area contributed by atoms with Gasteiger partial charge in [-0.05, 0) is 35.4 Å². The normalized spacial score (nSPS) is 19.7. The molecule has 2 aliphatic rings. The fourth-order valence-corrected chi connectivity index (χ4v) is 4.79. The minimum absolute atomic E-state index is 0.110. The second kappa shape index (κ2) is 11.5. The van der Waals surface area contributed by atoms with Crippen molar-refractivity contribution in [2.24, 2.45) is 0 Å². The number of likely N-dealkylation sites (tertiary alicyclic amines) is 1. The number of quaternary nitrogens is 1. The third kappa shape index (κ3) is 5.21. The number of carbonyl (C=O) groups excluding carboxylic acids is 2. The summed E-state index contributed by atoms with van der Waals surface area (Å²) in [5.41, 5.74) is 0.694. The van der Waals surface area contributed by atoms with Crippen molar-refractivity contribution >= 4 is 17.4 Å². The van der Waals surface area contributed by atoms with Crippen LogP contribution in [0.3, 0.4) is 0 Å². The number of carbonyl (C=O) groups is 2. The highest BCUT2D eigenvalue weighted by Crippen LogP contribution is 2.42. The van der Waals surface area contributed by atoms with Crippen LogP contribution in [0.4, 0.5) is 0 Å². The molecule has 2 heterocycles. The topological polar surface area (TPSA) is 111 Å². The lowest BCUT2D eigenvalue weighted by Crippen LogP contribution is -3.14. The third-order valence-electron chi connectivity index (χ3n) is 6.80. The molecule has 2 aliphatic heterocycles. The van der Waals surface area contributed by atoms with Crippen molar-refractivity contribution in [3.05, 3.63) is 53.1 Å². The van der Waals surface area contributed by atoms with Crippen molar-refractivity contribution < 1.29 is 43.3 Å². The first-order valence-electron chi connectivity index (χ1n) is 12.1. The number of ether oxygens (including phenoxy) is 5. The molecular formula is C27H32N2O8. The molecule has 1 N–H and O–H groups in total. The summed E-state index contributed by atoms with van der Waals surface area (Å²) in [7, 11) is 5.99. The maximum atomic E-state index is 13.8. The highest BCUT2D eigenvalue weighted by molar-refractivity contribution is 6.46. The Morgan fingerprint density at radius 1 is 0.919 bits per heavy atom. The Morgan fingerprint density at radius 2 is 1.51 bits per heavy atom. The molecular weight excluding hydrogens is 480 g/mol. The lowest BCUT2D eigenvalue weighted by atomic mass is 9.94. The van der Waals surface area contributed by atoms with E-state index < -0.39 is 23.5 Å². The summed E-state index contributed by atoms with van der Waals surface area (Å²) < 4.78 is 26.9. The number of nitrogens with zero attached hydrogens (tertiary/aromatic N) is 1. The van der Waals surface area contributed by atoms with Crippen molar-refractivity contribution in [1.29, 1.82) is 0 Å². The van der Waals surface area contributed by atoms with Crippen LogP contribution in [0.1, 0.15) is 17.2 Å². The van der Waals surface area contributed by atoms with Gasteiger partial charge >= 0.3 is 0 Å². The second-order valence-electron chi connectivity index (χ2n) is 8.77. The lowest BCUT2D eigenvalue weighted by molar-refractivity contribution is -0.907. The molecule has 37 heavy (non-hydrogen) atoms. The van der Waals surface area contributed by atoms with Crippen LogP contribution in [0.2, 0.25) is 0 Å². The van der Waals surface area contributed by atoms with Crippen LogP contribution < -0.4 is 29.0 Å². The molecule has 2 fully saturated rings. The molecule has 2 aromatic rings. The molecule has 0 bridgehead atoms. The number of benzene rings is 2. The van der Waals surface area contributed by atoms with Crippen LogP contribution in [0, 0.1) is 0 Å². The fraction of sp³-hybridized carbons (Fsp3) is 0.407. The van der Waals surface area contributed by atoms with Crippen LogP contribution >= 0.6 is 0 Å². The van der Waals surface area contributed by atoms with Gasteiger partial charge in [-0.3, -0.25) is 9.59 Å². The molecule has 2 saturated heterocycles. The number of hydrogen-bond donors (Lipinski definition) is 1. The second-order valence-corrected chi connectivity index (χ2v) is 8.77. The first-order valence-corrected chi connectivity index (χ1v) is 12.1. The van der Waals surface area contributed by atoms with Gasteiger partial charge in [0.15, 0.2) is 23.0 Å². The highest BCUT2D eigenvalue weighted by atomic mass is 16.5. The Balaban J connectivity index is 1.80. The molecule has 1 unspecified atom stereocenters. The van der Waals surface area contributed by atoms with Crippen LogP contribution in [-0.2, 0) is 14.3 Å². The first-order chi connectivity index (χ1) is 17.9. The number of hydrogen-bond acceptors (Lipinski definition) is 8. The van der Waals surface area contributed by atoms with Crippen LogP contribution in [0.15, 0.2) is 42.0 Å². The fourth-order valence-electron chi connectivity index (χ4n) is 4.79. The zero-order valence-electron chi connectivity index (χ0n) is 21.5. The van der Waals surface area contributed by atoms with Gasteiger partial charge in [0.05, 0.1) is 60.8 Å². The summed E-state index contributed by atoms with van der Waals surface area (Å²) >= 11 is 0. The van der Waals surface area contributed by atoms with E-state index in [9.17, 15) is 14.7 Å². The van der Waals surface area contributed by atoms with Crippen LogP contribution in [0.5, 0.6) is 23.0 Å². The quantitative estimate of drug-likeness (QED) is 0.281. The standard InChI is InChI=1S/C27H32N2O8/c1-33-19-7-5-17(15-21(19)35-3)24-23(25(30)18-6-8-20(34-2)22(16-18)36-4)26(31)27(32)29(24)10-9-28-11-13-37-14-12-28/h5-8,15-16,24,30H,9-14H2,1-4H3/b25-23+. The zero-order chi connectivity index (χ0) is 26.5. The Hall–Kier alpha value is -3.76. The summed E-state index contributed by atoms with van der Waals surface area (Å²) in [6, 6.07) is 8.93. The molecule has 0 radical (unpaired) electrons. The van der Waals surface area contributed by atoms with Crippen molar-refractivity contribution in [3.8, 4) is 23.0 Å². The molecule has 2 aromatic carbocycles. The zero-order valence-corrected chi connectivity index (χ0v) is 21.5. The highest BCUT2D eigenvalue weighted by Gasteiger charge is 2.44. The maximum absolute atomic E-state index is 13.8. The van der Waals surface area contributed by atoms with Gasteiger partial charge in [0.25, 0.3) is 5.91 Å². The predicted molar refractivity (Wildman–Crippen MR) is 132 cm³/mol. The minimum atomic E-state index is -0.874. The number of nitrogens with one attached hydrogen (secondary N) is 1. The van der Waals surface area contributed by atoms with Gasteiger partial charge in [-0.25, -0.2) is 0 Å². The van der Waals surface area contributed by atoms with E-state index in [1.165, 1.54) is 44.3 Å². The Kier molecular flexibility index (Phi) is 8.20. The first kappa shape index (κ1) is 26.3. The van der Waals surface area contributed by atoms with Crippen molar-refractivity contribution in [1.82, 2.24) is 4.90 Å². The van der Waals surface area contributed by atoms with Crippen molar-refractivity contribution in [2.45, 2.75) is 6.04 Å². The molecule has 10 heteroatoms. The monoisotopic (exact) mass is 512 g/mol. The molecule has 0 spiro atoms. The number of amides is 1. The van der Waals surface area contributed by atoms with Gasteiger partial charge in [-0.1, -0.05) is 17.9 Å². The van der Waals surface area contributed by atoms with E-state index in [1.54, 1.807) is 30.3 Å². The molecule has 198 valence electrons. The summed E-state index contributed by atoms with van der Waals surface area (Å²) in [5.74, 6) is -0.318. The smallest absolute Gasteiger partial charge is 0.295 e. The number of methoxy groups -OCH3 is 4. The molecule has 1 amide bonds. The average Bonchev–Trinajstić information content (AvgIpc) is 3.20. The Bertz CT molecular complexity index is 1190. The maximum Gasteiger partial charge on any atom is 0.295 e. The van der Waals surface area contributed by atoms with Crippen LogP contribution in [-0.4, -0.2) is 84.4 Å². The molecule has 10 nitrogen and oxygen atoms in total. The number of ketones is 1. The Labute approximate surface area is 215 Å². The SMILES string of the molecule is COc1ccc(/C([O-])=C2\C(=O)C(=O)N(CC[NH+]3CCOCC3)C2c2ccc(OC)c(OC)c2)cc1OC. The van der Waals surface area contributed by atoms with E-state index in [1.807, 2.05) is 0 Å². The molecule has 1 atom stereocenters. The molecule has 0 aromatic heterocycles. The Morgan fingerprint density at radius 3 is 2.14 bits per heavy atom. The van der Waals surface area contributed by atoms with E-state index in [2.05, 4.69) is 0 Å². The van der Waals surface area contributed by atoms with E-state index in [0.717, 1.165) is 13.1 Å². The van der Waals surface area contributed by atoms with Crippen LogP contribution in [0.25, 0.3) is 5.76 Å². The van der Waals surface area contributed by atoms with Crippen molar-refractivity contribution in [3.63, 3.8) is 0 Å². The largest absolute Gasteiger partial charge is 0.872 e. The molecule has 0 aliphatic carbocycles. The van der Waals surface area contributed by atoms with Gasteiger partial charge < -0.3 is 38.6 Å². The average molecular weight is 513 g/mol. The van der Waals surface area contributed by atoms with Crippen molar-refractivity contribution in [2.75, 3.05) is 67.8 Å². The number of morpholine rings is 1. The van der Waals surface area contributed by atoms with E-state index in [0.29, 0.717) is 54.9 Å². The van der Waals surface area contributed by atoms with E-state index in [4.69, 9.17) is 23.7 Å². The molecule has 0 saturated carbocycles. The van der Waals surface area contributed by atoms with Gasteiger partial charge in [-0.15, -0.1) is 0 Å². The van der Waals surface area contributed by atoms with E-state index in [-0.39, 0.29) is 11.1 Å². The summed E-state index contributed by atoms with van der Waals surface area (Å²) in [5, 5.41) is 13.8. The third-order valence-corrected chi connectivity index (χ3v) is 6.80. The van der Waals surface area contributed by atoms with Gasteiger partial charge in [0.2, 0.25) is 5.78 Å². The summed E-state index contributed by atoms with van der Waals surface area (Å²) in [6.45, 7) is 3.87. The number of rotatable bonds is 9. The van der Waals surface area contributed by atoms with Gasteiger partial charge in [-0.2, -0.15) is 0 Å². The predicted octanol–water partition coefficient (Wildman–Crippen LogP) is -0.140. The molecule has 4 rings (SSSR count). The summed E-state index contributed by atoms with van der Waals surface area (Å²) in [4.78, 5) is 29.4.